The summed E-state index contributed by atoms with van der Waals surface area (Å²) >= 11 is 0. The van der Waals surface area contributed by atoms with Crippen molar-refractivity contribution in [2.24, 2.45) is 34.8 Å². The molecule has 3 saturated carbocycles. The van der Waals surface area contributed by atoms with Gasteiger partial charge in [0, 0.05) is 25.0 Å². The van der Waals surface area contributed by atoms with E-state index in [1.165, 1.54) is 0 Å². The van der Waals surface area contributed by atoms with E-state index in [9.17, 15) is 14.7 Å². The van der Waals surface area contributed by atoms with Crippen molar-refractivity contribution in [2.45, 2.75) is 58.5 Å². The van der Waals surface area contributed by atoms with Crippen LogP contribution in [0.25, 0.3) is 0 Å². The van der Waals surface area contributed by atoms with Crippen LogP contribution in [0.1, 0.15) is 52.4 Å². The third-order valence-corrected chi connectivity index (χ3v) is 7.18. The van der Waals surface area contributed by atoms with E-state index in [4.69, 9.17) is 10.5 Å². The zero-order chi connectivity index (χ0) is 18.2. The normalized spacial score (nSPS) is 42.6. The van der Waals surface area contributed by atoms with Crippen molar-refractivity contribution in [3.8, 4) is 0 Å². The minimum absolute atomic E-state index is 0.0194. The summed E-state index contributed by atoms with van der Waals surface area (Å²) in [6.45, 7) is 4.98. The quantitative estimate of drug-likeness (QED) is 0.602. The molecule has 0 bridgehead atoms. The molecule has 0 spiro atoms. The van der Waals surface area contributed by atoms with Crippen LogP contribution in [0.3, 0.4) is 0 Å². The average Bonchev–Trinajstić information content (AvgIpc) is 2.59. The van der Waals surface area contributed by atoms with E-state index in [0.29, 0.717) is 31.1 Å². The lowest BCUT2D eigenvalue weighted by molar-refractivity contribution is -0.151. The van der Waals surface area contributed by atoms with Crippen LogP contribution in [-0.4, -0.2) is 36.1 Å². The molecule has 0 saturated heterocycles. The molecular weight excluding hydrogens is 318 g/mol. The summed E-state index contributed by atoms with van der Waals surface area (Å²) in [5.41, 5.74) is 6.51. The number of hydrogen-bond donors (Lipinski definition) is 2. The van der Waals surface area contributed by atoms with Crippen LogP contribution in [0.5, 0.6) is 0 Å². The number of allylic oxidation sites excluding steroid dienone is 1. The fourth-order valence-electron chi connectivity index (χ4n) is 5.72. The molecule has 0 aromatic carbocycles. The third kappa shape index (κ3) is 3.41. The first kappa shape index (κ1) is 18.6. The van der Waals surface area contributed by atoms with Crippen molar-refractivity contribution >= 4 is 11.8 Å². The molecule has 0 aromatic rings. The second-order valence-electron chi connectivity index (χ2n) is 8.46. The summed E-state index contributed by atoms with van der Waals surface area (Å²) in [6.07, 6.45) is 6.17. The van der Waals surface area contributed by atoms with E-state index < -0.39 is 0 Å². The van der Waals surface area contributed by atoms with Gasteiger partial charge in [-0.25, -0.2) is 4.79 Å². The van der Waals surface area contributed by atoms with Crippen molar-refractivity contribution in [1.82, 2.24) is 0 Å². The van der Waals surface area contributed by atoms with Crippen molar-refractivity contribution in [2.75, 3.05) is 13.2 Å². The van der Waals surface area contributed by atoms with Crippen molar-refractivity contribution in [3.63, 3.8) is 0 Å². The molecule has 0 aromatic heterocycles. The van der Waals surface area contributed by atoms with Crippen LogP contribution >= 0.6 is 0 Å². The highest BCUT2D eigenvalue weighted by Crippen LogP contribution is 2.59. The van der Waals surface area contributed by atoms with Crippen LogP contribution in [0.15, 0.2) is 11.6 Å². The molecule has 5 unspecified atom stereocenters. The Morgan fingerprint density at radius 3 is 2.84 bits per heavy atom. The Balaban J connectivity index is 1.76. The Bertz CT molecular complexity index is 572. The molecule has 0 amide bonds. The largest absolute Gasteiger partial charge is 0.461 e. The number of hydrogen-bond acceptors (Lipinski definition) is 5. The number of ketones is 1. The van der Waals surface area contributed by atoms with Crippen molar-refractivity contribution in [1.29, 1.82) is 0 Å². The number of carbonyl (C=O) groups excluding carboxylic acids is 2. The van der Waals surface area contributed by atoms with Gasteiger partial charge in [0.15, 0.2) is 0 Å². The van der Waals surface area contributed by atoms with Gasteiger partial charge < -0.3 is 15.6 Å². The van der Waals surface area contributed by atoms with E-state index in [1.807, 2.05) is 0 Å². The number of aliphatic hydroxyl groups is 1. The summed E-state index contributed by atoms with van der Waals surface area (Å²) in [4.78, 5) is 24.7. The van der Waals surface area contributed by atoms with Gasteiger partial charge in [0.1, 0.15) is 12.4 Å². The molecule has 0 aliphatic heterocycles. The molecule has 3 aliphatic rings. The average molecular weight is 349 g/mol. The van der Waals surface area contributed by atoms with E-state index in [1.54, 1.807) is 6.08 Å². The summed E-state index contributed by atoms with van der Waals surface area (Å²) < 4.78 is 5.04. The van der Waals surface area contributed by atoms with Gasteiger partial charge in [-0.3, -0.25) is 4.79 Å². The highest BCUT2D eigenvalue weighted by molar-refractivity contribution is 5.85. The molecule has 0 heterocycles. The number of ether oxygens (including phenoxy) is 1. The van der Waals surface area contributed by atoms with Crippen LogP contribution in [0, 0.1) is 29.1 Å². The molecular formula is C20H31NO4. The second-order valence-corrected chi connectivity index (χ2v) is 8.46. The highest BCUT2D eigenvalue weighted by atomic mass is 16.5. The lowest BCUT2D eigenvalue weighted by Crippen LogP contribution is -2.55. The maximum absolute atomic E-state index is 12.8. The number of aliphatic hydroxyl groups excluding tert-OH is 1. The Labute approximate surface area is 150 Å². The van der Waals surface area contributed by atoms with E-state index >= 15 is 0 Å². The maximum atomic E-state index is 12.8. The first-order valence-corrected chi connectivity index (χ1v) is 9.64. The molecule has 0 radical (unpaired) electrons. The minimum Gasteiger partial charge on any atom is -0.461 e. The van der Waals surface area contributed by atoms with E-state index in [2.05, 4.69) is 13.8 Å². The summed E-state index contributed by atoms with van der Waals surface area (Å²) in [6, 6.07) is 0. The van der Waals surface area contributed by atoms with Gasteiger partial charge in [0.25, 0.3) is 0 Å². The van der Waals surface area contributed by atoms with Gasteiger partial charge in [0.05, 0.1) is 6.10 Å². The zero-order valence-electron chi connectivity index (χ0n) is 15.4. The molecule has 3 rings (SSSR count). The Morgan fingerprint density at radius 2 is 2.12 bits per heavy atom. The number of nitrogens with two attached hydrogens (primary N) is 1. The fourth-order valence-corrected chi connectivity index (χ4v) is 5.72. The molecule has 5 heteroatoms. The first-order chi connectivity index (χ1) is 11.9. The number of carbonyl (C=O) groups is 2. The summed E-state index contributed by atoms with van der Waals surface area (Å²) in [5.74, 6) is 0.823. The lowest BCUT2D eigenvalue weighted by Gasteiger charge is -2.57. The number of rotatable bonds is 3. The molecule has 3 aliphatic carbocycles. The SMILES string of the molecule is CC1C(O)CCC2(C)C1CC(=O)[C@H]1C/C(=C/C(=O)OCCN)CCC12. The summed E-state index contributed by atoms with van der Waals surface area (Å²) in [5, 5.41) is 10.2. The molecule has 3 N–H and O–H groups in total. The molecule has 3 fully saturated rings. The second kappa shape index (κ2) is 7.20. The number of fused-ring (bicyclic) bond motifs is 3. The van der Waals surface area contributed by atoms with Crippen molar-refractivity contribution < 1.29 is 19.4 Å². The Kier molecular flexibility index (Phi) is 5.35. The Hall–Kier alpha value is -1.20. The maximum Gasteiger partial charge on any atom is 0.330 e. The smallest absolute Gasteiger partial charge is 0.330 e. The highest BCUT2D eigenvalue weighted by Gasteiger charge is 2.56. The topological polar surface area (TPSA) is 89.6 Å². The fraction of sp³-hybridized carbons (Fsp3) is 0.800. The van der Waals surface area contributed by atoms with Gasteiger partial charge in [-0.1, -0.05) is 19.4 Å². The standard InChI is InChI=1S/C20H31NO4/c1-12-16-11-18(23)14-9-13(10-19(24)25-8-7-21)3-4-15(14)20(16,2)6-5-17(12)22/h10,12,14-17,22H,3-9,11,21H2,1-2H3/b13-10+/t12?,14-,15?,16?,17?,20?/m0/s1. The van der Waals surface area contributed by atoms with E-state index in [-0.39, 0.29) is 41.8 Å². The predicted octanol–water partition coefficient (Wildman–Crippen LogP) is 2.22. The minimum atomic E-state index is -0.347. The predicted molar refractivity (Wildman–Crippen MR) is 94.6 cm³/mol. The van der Waals surface area contributed by atoms with E-state index in [0.717, 1.165) is 31.3 Å². The Morgan fingerprint density at radius 1 is 1.36 bits per heavy atom. The molecule has 6 atom stereocenters. The molecule has 140 valence electrons. The van der Waals surface area contributed by atoms with Crippen LogP contribution in [0.4, 0.5) is 0 Å². The first-order valence-electron chi connectivity index (χ1n) is 9.64. The van der Waals surface area contributed by atoms with Crippen LogP contribution < -0.4 is 5.73 Å². The zero-order valence-corrected chi connectivity index (χ0v) is 15.4. The van der Waals surface area contributed by atoms with Crippen LogP contribution in [0.2, 0.25) is 0 Å². The number of esters is 1. The van der Waals surface area contributed by atoms with Gasteiger partial charge in [0.2, 0.25) is 0 Å². The van der Waals surface area contributed by atoms with Gasteiger partial charge in [-0.2, -0.15) is 0 Å². The lowest BCUT2D eigenvalue weighted by atomic mass is 9.47. The third-order valence-electron chi connectivity index (χ3n) is 7.18. The van der Waals surface area contributed by atoms with Gasteiger partial charge >= 0.3 is 5.97 Å². The van der Waals surface area contributed by atoms with Crippen LogP contribution in [-0.2, 0) is 14.3 Å². The van der Waals surface area contributed by atoms with Gasteiger partial charge in [-0.15, -0.1) is 0 Å². The molecule has 5 nitrogen and oxygen atoms in total. The van der Waals surface area contributed by atoms with Crippen molar-refractivity contribution in [3.05, 3.63) is 11.6 Å². The molecule has 25 heavy (non-hydrogen) atoms. The monoisotopic (exact) mass is 349 g/mol. The summed E-state index contributed by atoms with van der Waals surface area (Å²) in [7, 11) is 0. The number of Topliss-reactive ketones (excluding diaryl/α,β-unsaturated/α-hetero) is 1. The van der Waals surface area contributed by atoms with Gasteiger partial charge in [-0.05, 0) is 55.3 Å².